The molecule has 1 aliphatic heterocycles. The number of hydrogen-bond donors (Lipinski definition) is 1. The van der Waals surface area contributed by atoms with Crippen molar-refractivity contribution in [3.8, 4) is 0 Å². The van der Waals surface area contributed by atoms with Crippen molar-refractivity contribution in [2.24, 2.45) is 0 Å². The molecule has 0 saturated carbocycles. The molecule has 1 N–H and O–H groups in total. The van der Waals surface area contributed by atoms with Crippen molar-refractivity contribution >= 4 is 11.8 Å². The lowest BCUT2D eigenvalue weighted by atomic mass is 10.1. The molecule has 0 radical (unpaired) electrons. The molecule has 2 rings (SSSR count). The number of nitrogens with one attached hydrogen (secondary N) is 1. The van der Waals surface area contributed by atoms with Gasteiger partial charge in [-0.25, -0.2) is 0 Å². The van der Waals surface area contributed by atoms with Crippen LogP contribution in [0.4, 0.5) is 0 Å². The van der Waals surface area contributed by atoms with Gasteiger partial charge in [0.25, 0.3) is 0 Å². The first kappa shape index (κ1) is 9.06. The van der Waals surface area contributed by atoms with Gasteiger partial charge in [0.15, 0.2) is 0 Å². The molecule has 0 spiro atoms. The fraction of sp³-hybridized carbons (Fsp3) is 0.400. The lowest BCUT2D eigenvalue weighted by Gasteiger charge is -2.07. The summed E-state index contributed by atoms with van der Waals surface area (Å²) >= 11 is 1.95. The van der Waals surface area contributed by atoms with Crippen molar-refractivity contribution < 1.29 is 4.84 Å². The third-order valence-electron chi connectivity index (χ3n) is 2.20. The second-order valence-electron chi connectivity index (χ2n) is 3.03. The molecule has 0 unspecified atom stereocenters. The molecular weight excluding hydrogens is 182 g/mol. The Labute approximate surface area is 82.6 Å². The maximum Gasteiger partial charge on any atom is 0.0572 e. The number of aryl methyl sites for hydroxylation is 1. The van der Waals surface area contributed by atoms with Crippen molar-refractivity contribution in [2.75, 3.05) is 12.9 Å². The number of benzene rings is 1. The number of rotatable bonds is 3. The molecular formula is C10H13NOS. The summed E-state index contributed by atoms with van der Waals surface area (Å²) in [5.41, 5.74) is 5.72. The van der Waals surface area contributed by atoms with Gasteiger partial charge in [-0.1, -0.05) is 18.2 Å². The van der Waals surface area contributed by atoms with Crippen LogP contribution in [-0.4, -0.2) is 12.9 Å². The predicted octanol–water partition coefficient (Wildman–Crippen LogP) is 1.99. The number of hydroxylamine groups is 1. The molecule has 0 atom stereocenters. The molecule has 0 aromatic heterocycles. The van der Waals surface area contributed by atoms with E-state index in [-0.39, 0.29) is 0 Å². The third-order valence-corrected chi connectivity index (χ3v) is 3.42. The minimum Gasteiger partial charge on any atom is -0.305 e. The van der Waals surface area contributed by atoms with E-state index in [9.17, 15) is 0 Å². The fourth-order valence-corrected chi connectivity index (χ4v) is 2.78. The Morgan fingerprint density at radius 1 is 1.54 bits per heavy atom. The van der Waals surface area contributed by atoms with E-state index in [1.54, 1.807) is 7.11 Å². The van der Waals surface area contributed by atoms with Gasteiger partial charge in [-0.3, -0.25) is 0 Å². The van der Waals surface area contributed by atoms with Crippen molar-refractivity contribution in [1.82, 2.24) is 5.48 Å². The van der Waals surface area contributed by atoms with E-state index in [2.05, 4.69) is 23.7 Å². The van der Waals surface area contributed by atoms with Gasteiger partial charge in [-0.05, 0) is 17.5 Å². The van der Waals surface area contributed by atoms with Crippen molar-refractivity contribution in [3.05, 3.63) is 29.3 Å². The summed E-state index contributed by atoms with van der Waals surface area (Å²) < 4.78 is 0. The zero-order valence-corrected chi connectivity index (χ0v) is 8.49. The van der Waals surface area contributed by atoms with Crippen LogP contribution in [0, 0.1) is 0 Å². The van der Waals surface area contributed by atoms with Gasteiger partial charge in [0.05, 0.1) is 7.11 Å². The first-order chi connectivity index (χ1) is 6.42. The normalized spacial score (nSPS) is 14.5. The minimum absolute atomic E-state index is 0.798. The number of hydrogen-bond acceptors (Lipinski definition) is 3. The fourth-order valence-electron chi connectivity index (χ4n) is 1.57. The summed E-state index contributed by atoms with van der Waals surface area (Å²) in [6, 6.07) is 6.49. The smallest absolute Gasteiger partial charge is 0.0572 e. The highest BCUT2D eigenvalue weighted by molar-refractivity contribution is 7.99. The first-order valence-electron chi connectivity index (χ1n) is 4.41. The minimum atomic E-state index is 0.798. The highest BCUT2D eigenvalue weighted by Crippen LogP contribution is 2.33. The van der Waals surface area contributed by atoms with E-state index in [0.717, 1.165) is 6.54 Å². The molecule has 1 aliphatic rings. The second-order valence-corrected chi connectivity index (χ2v) is 4.13. The average Bonchev–Trinajstić information content (AvgIpc) is 2.62. The second kappa shape index (κ2) is 4.13. The van der Waals surface area contributed by atoms with Gasteiger partial charge in [0, 0.05) is 17.2 Å². The van der Waals surface area contributed by atoms with Crippen LogP contribution in [0.25, 0.3) is 0 Å². The first-order valence-corrected chi connectivity index (χ1v) is 5.40. The van der Waals surface area contributed by atoms with Gasteiger partial charge >= 0.3 is 0 Å². The van der Waals surface area contributed by atoms with E-state index < -0.39 is 0 Å². The molecule has 13 heavy (non-hydrogen) atoms. The van der Waals surface area contributed by atoms with Crippen molar-refractivity contribution in [3.63, 3.8) is 0 Å². The third kappa shape index (κ3) is 1.88. The molecule has 1 aromatic rings. The number of thioether (sulfide) groups is 1. The quantitative estimate of drug-likeness (QED) is 0.745. The zero-order valence-electron chi connectivity index (χ0n) is 7.67. The summed E-state index contributed by atoms with van der Waals surface area (Å²) in [4.78, 5) is 6.30. The molecule has 70 valence electrons. The largest absolute Gasteiger partial charge is 0.305 e. The monoisotopic (exact) mass is 195 g/mol. The van der Waals surface area contributed by atoms with Crippen molar-refractivity contribution in [1.29, 1.82) is 0 Å². The summed E-state index contributed by atoms with van der Waals surface area (Å²) in [5, 5.41) is 0. The van der Waals surface area contributed by atoms with Crippen LogP contribution >= 0.6 is 11.8 Å². The number of fused-ring (bicyclic) bond motifs is 1. The zero-order chi connectivity index (χ0) is 9.10. The standard InChI is InChI=1S/C10H13NOS/c1-12-11-7-9-4-2-3-8-5-6-13-10(8)9/h2-4,11H,5-7H2,1H3. The SMILES string of the molecule is CONCc1cccc2c1SCC2. The van der Waals surface area contributed by atoms with Crippen LogP contribution in [0.5, 0.6) is 0 Å². The molecule has 0 saturated heterocycles. The molecule has 0 amide bonds. The highest BCUT2D eigenvalue weighted by atomic mass is 32.2. The van der Waals surface area contributed by atoms with Crippen LogP contribution in [0.1, 0.15) is 11.1 Å². The van der Waals surface area contributed by atoms with E-state index in [4.69, 9.17) is 4.84 Å². The summed E-state index contributed by atoms with van der Waals surface area (Å²) in [6.45, 7) is 0.798. The highest BCUT2D eigenvalue weighted by Gasteiger charge is 2.14. The van der Waals surface area contributed by atoms with Crippen LogP contribution in [-0.2, 0) is 17.8 Å². The van der Waals surface area contributed by atoms with E-state index >= 15 is 0 Å². The Balaban J connectivity index is 2.20. The predicted molar refractivity (Wildman–Crippen MR) is 54.7 cm³/mol. The molecule has 0 aliphatic carbocycles. The molecule has 0 bridgehead atoms. The Hall–Kier alpha value is -0.510. The van der Waals surface area contributed by atoms with Crippen molar-refractivity contribution in [2.45, 2.75) is 17.9 Å². The van der Waals surface area contributed by atoms with Crippen LogP contribution in [0.15, 0.2) is 23.1 Å². The van der Waals surface area contributed by atoms with E-state index in [1.165, 1.54) is 28.2 Å². The van der Waals surface area contributed by atoms with E-state index in [1.807, 2.05) is 11.8 Å². The lowest BCUT2D eigenvalue weighted by molar-refractivity contribution is 0.0862. The Morgan fingerprint density at radius 3 is 3.31 bits per heavy atom. The van der Waals surface area contributed by atoms with Crippen LogP contribution in [0.2, 0.25) is 0 Å². The maximum atomic E-state index is 4.85. The Morgan fingerprint density at radius 2 is 2.46 bits per heavy atom. The molecule has 0 fully saturated rings. The Kier molecular flexibility index (Phi) is 2.88. The topological polar surface area (TPSA) is 21.3 Å². The van der Waals surface area contributed by atoms with Crippen LogP contribution in [0.3, 0.4) is 0 Å². The van der Waals surface area contributed by atoms with Crippen LogP contribution < -0.4 is 5.48 Å². The average molecular weight is 195 g/mol. The summed E-state index contributed by atoms with van der Waals surface area (Å²) in [5.74, 6) is 1.22. The molecule has 3 heteroatoms. The van der Waals surface area contributed by atoms with Gasteiger partial charge in [0.2, 0.25) is 0 Å². The Bertz CT molecular complexity index is 301. The van der Waals surface area contributed by atoms with Gasteiger partial charge in [0.1, 0.15) is 0 Å². The lowest BCUT2D eigenvalue weighted by Crippen LogP contribution is -2.11. The van der Waals surface area contributed by atoms with Gasteiger partial charge in [-0.15, -0.1) is 11.8 Å². The van der Waals surface area contributed by atoms with Gasteiger partial charge in [-0.2, -0.15) is 5.48 Å². The molecule has 1 heterocycles. The summed E-state index contributed by atoms with van der Waals surface area (Å²) in [6.07, 6.45) is 1.21. The van der Waals surface area contributed by atoms with Gasteiger partial charge < -0.3 is 4.84 Å². The maximum absolute atomic E-state index is 4.85. The summed E-state index contributed by atoms with van der Waals surface area (Å²) in [7, 11) is 1.65. The molecule has 2 nitrogen and oxygen atoms in total. The molecule has 1 aromatic carbocycles. The van der Waals surface area contributed by atoms with E-state index in [0.29, 0.717) is 0 Å².